The molecule has 0 aliphatic rings. The van der Waals surface area contributed by atoms with Gasteiger partial charge in [-0.1, -0.05) is 34.1 Å². The smallest absolute Gasteiger partial charge is 0.131 e. The van der Waals surface area contributed by atoms with Crippen LogP contribution < -0.4 is 5.32 Å². The number of rotatable bonds is 2. The van der Waals surface area contributed by atoms with E-state index in [4.69, 9.17) is 0 Å². The molecule has 0 aliphatic heterocycles. The minimum atomic E-state index is 0.862. The number of para-hydroxylation sites is 1. The summed E-state index contributed by atoms with van der Waals surface area (Å²) >= 11 is 3.50. The number of nitrogens with one attached hydrogen (secondary N) is 1. The van der Waals surface area contributed by atoms with Gasteiger partial charge in [0.1, 0.15) is 5.82 Å². The SMILES string of the molecule is Cc1cc(Nc2ccc3ccccc3n2)ccc1Br. The number of nitrogens with zero attached hydrogens (tertiary/aromatic N) is 1. The Bertz CT molecular complexity index is 738. The normalized spacial score (nSPS) is 10.6. The number of fused-ring (bicyclic) bond motifs is 1. The van der Waals surface area contributed by atoms with E-state index in [1.165, 1.54) is 5.56 Å². The molecule has 1 N–H and O–H groups in total. The number of aryl methyl sites for hydroxylation is 1. The number of halogens is 1. The van der Waals surface area contributed by atoms with E-state index in [9.17, 15) is 0 Å². The van der Waals surface area contributed by atoms with Gasteiger partial charge >= 0.3 is 0 Å². The molecule has 0 fully saturated rings. The largest absolute Gasteiger partial charge is 0.340 e. The molecular weight excluding hydrogens is 300 g/mol. The third-order valence-electron chi connectivity index (χ3n) is 3.03. The van der Waals surface area contributed by atoms with Gasteiger partial charge < -0.3 is 5.32 Å². The van der Waals surface area contributed by atoms with Crippen LogP contribution in [0.2, 0.25) is 0 Å². The maximum Gasteiger partial charge on any atom is 0.131 e. The summed E-state index contributed by atoms with van der Waals surface area (Å²) in [6, 6.07) is 18.4. The average Bonchev–Trinajstić information content (AvgIpc) is 2.43. The molecule has 1 aromatic heterocycles. The maximum atomic E-state index is 4.60. The fourth-order valence-corrected chi connectivity index (χ4v) is 2.25. The summed E-state index contributed by atoms with van der Waals surface area (Å²) in [7, 11) is 0. The molecule has 0 saturated heterocycles. The fourth-order valence-electron chi connectivity index (χ4n) is 2.01. The van der Waals surface area contributed by atoms with Crippen LogP contribution in [0.15, 0.2) is 59.1 Å². The van der Waals surface area contributed by atoms with Gasteiger partial charge in [-0.05, 0) is 48.9 Å². The first-order valence-corrected chi connectivity index (χ1v) is 6.91. The van der Waals surface area contributed by atoms with Crippen LogP contribution in [0.25, 0.3) is 10.9 Å². The predicted molar refractivity (Wildman–Crippen MR) is 83.9 cm³/mol. The van der Waals surface area contributed by atoms with E-state index in [1.807, 2.05) is 36.4 Å². The molecule has 0 amide bonds. The van der Waals surface area contributed by atoms with Gasteiger partial charge in [-0.25, -0.2) is 4.98 Å². The molecule has 0 radical (unpaired) electrons. The molecule has 0 unspecified atom stereocenters. The Labute approximate surface area is 120 Å². The summed E-state index contributed by atoms with van der Waals surface area (Å²) in [5.74, 6) is 0.862. The highest BCUT2D eigenvalue weighted by Gasteiger charge is 2.00. The second-order valence-electron chi connectivity index (χ2n) is 4.48. The van der Waals surface area contributed by atoms with Crippen LogP contribution in [0.4, 0.5) is 11.5 Å². The standard InChI is InChI=1S/C16H13BrN2/c1-11-10-13(7-8-14(11)17)18-16-9-6-12-4-2-3-5-15(12)19-16/h2-10H,1H3,(H,18,19). The van der Waals surface area contributed by atoms with Crippen molar-refractivity contribution in [1.82, 2.24) is 4.98 Å². The number of pyridine rings is 1. The number of hydrogen-bond donors (Lipinski definition) is 1. The van der Waals surface area contributed by atoms with Crippen LogP contribution in [0.3, 0.4) is 0 Å². The first-order valence-electron chi connectivity index (χ1n) is 6.11. The van der Waals surface area contributed by atoms with Crippen molar-refractivity contribution in [2.45, 2.75) is 6.92 Å². The summed E-state index contributed by atoms with van der Waals surface area (Å²) in [4.78, 5) is 4.60. The topological polar surface area (TPSA) is 24.9 Å². The zero-order chi connectivity index (χ0) is 13.2. The molecule has 1 heterocycles. The average molecular weight is 313 g/mol. The number of aromatic nitrogens is 1. The van der Waals surface area contributed by atoms with Gasteiger partial charge in [0.2, 0.25) is 0 Å². The molecular formula is C16H13BrN2. The van der Waals surface area contributed by atoms with Gasteiger partial charge in [-0.3, -0.25) is 0 Å². The molecule has 0 saturated carbocycles. The second-order valence-corrected chi connectivity index (χ2v) is 5.33. The van der Waals surface area contributed by atoms with E-state index in [0.717, 1.165) is 26.9 Å². The van der Waals surface area contributed by atoms with Crippen molar-refractivity contribution >= 4 is 38.3 Å². The van der Waals surface area contributed by atoms with Crippen LogP contribution in [-0.4, -0.2) is 4.98 Å². The van der Waals surface area contributed by atoms with E-state index in [-0.39, 0.29) is 0 Å². The first kappa shape index (κ1) is 12.2. The minimum absolute atomic E-state index is 0.862. The zero-order valence-corrected chi connectivity index (χ0v) is 12.1. The van der Waals surface area contributed by atoms with E-state index in [1.54, 1.807) is 0 Å². The van der Waals surface area contributed by atoms with Crippen molar-refractivity contribution in [2.75, 3.05) is 5.32 Å². The lowest BCUT2D eigenvalue weighted by atomic mass is 10.2. The quantitative estimate of drug-likeness (QED) is 0.716. The van der Waals surface area contributed by atoms with Crippen LogP contribution in [0.1, 0.15) is 5.56 Å². The Hall–Kier alpha value is -1.87. The Kier molecular flexibility index (Phi) is 3.22. The van der Waals surface area contributed by atoms with Gasteiger partial charge in [-0.15, -0.1) is 0 Å². The van der Waals surface area contributed by atoms with Gasteiger partial charge in [0.05, 0.1) is 5.52 Å². The molecule has 0 bridgehead atoms. The molecule has 3 heteroatoms. The van der Waals surface area contributed by atoms with Crippen molar-refractivity contribution in [3.05, 3.63) is 64.6 Å². The lowest BCUT2D eigenvalue weighted by Crippen LogP contribution is -1.94. The van der Waals surface area contributed by atoms with Gasteiger partial charge in [0.25, 0.3) is 0 Å². The summed E-state index contributed by atoms with van der Waals surface area (Å²) in [6.45, 7) is 2.07. The lowest BCUT2D eigenvalue weighted by molar-refractivity contribution is 1.35. The second kappa shape index (κ2) is 5.02. The van der Waals surface area contributed by atoms with E-state index in [0.29, 0.717) is 0 Å². The summed E-state index contributed by atoms with van der Waals surface area (Å²) in [5.41, 5.74) is 3.25. The van der Waals surface area contributed by atoms with Crippen molar-refractivity contribution in [3.8, 4) is 0 Å². The van der Waals surface area contributed by atoms with Crippen molar-refractivity contribution in [1.29, 1.82) is 0 Å². The Morgan fingerprint density at radius 2 is 1.84 bits per heavy atom. The number of benzene rings is 2. The van der Waals surface area contributed by atoms with Gasteiger partial charge in [0.15, 0.2) is 0 Å². The lowest BCUT2D eigenvalue weighted by Gasteiger charge is -2.08. The third-order valence-corrected chi connectivity index (χ3v) is 3.92. The van der Waals surface area contributed by atoms with E-state index in [2.05, 4.69) is 51.4 Å². The highest BCUT2D eigenvalue weighted by atomic mass is 79.9. The number of hydrogen-bond acceptors (Lipinski definition) is 2. The van der Waals surface area contributed by atoms with E-state index >= 15 is 0 Å². The Morgan fingerprint density at radius 3 is 2.68 bits per heavy atom. The summed E-state index contributed by atoms with van der Waals surface area (Å²) in [6.07, 6.45) is 0. The molecule has 0 atom stereocenters. The minimum Gasteiger partial charge on any atom is -0.340 e. The van der Waals surface area contributed by atoms with Gasteiger partial charge in [0, 0.05) is 15.5 Å². The highest BCUT2D eigenvalue weighted by molar-refractivity contribution is 9.10. The molecule has 2 nitrogen and oxygen atoms in total. The molecule has 94 valence electrons. The molecule has 3 rings (SSSR count). The first-order chi connectivity index (χ1) is 9.22. The van der Waals surface area contributed by atoms with Crippen LogP contribution in [0, 0.1) is 6.92 Å². The van der Waals surface area contributed by atoms with Crippen molar-refractivity contribution in [2.24, 2.45) is 0 Å². The molecule has 0 spiro atoms. The summed E-state index contributed by atoms with van der Waals surface area (Å²) < 4.78 is 1.12. The molecule has 19 heavy (non-hydrogen) atoms. The van der Waals surface area contributed by atoms with Crippen LogP contribution in [-0.2, 0) is 0 Å². The third kappa shape index (κ3) is 2.61. The Morgan fingerprint density at radius 1 is 1.00 bits per heavy atom. The van der Waals surface area contributed by atoms with Crippen molar-refractivity contribution < 1.29 is 0 Å². The van der Waals surface area contributed by atoms with Crippen molar-refractivity contribution in [3.63, 3.8) is 0 Å². The molecule has 2 aromatic carbocycles. The van der Waals surface area contributed by atoms with Crippen LogP contribution >= 0.6 is 15.9 Å². The van der Waals surface area contributed by atoms with Gasteiger partial charge in [-0.2, -0.15) is 0 Å². The molecule has 0 aliphatic carbocycles. The zero-order valence-electron chi connectivity index (χ0n) is 10.5. The van der Waals surface area contributed by atoms with Crippen LogP contribution in [0.5, 0.6) is 0 Å². The Balaban J connectivity index is 1.94. The summed E-state index contributed by atoms with van der Waals surface area (Å²) in [5, 5.41) is 4.48. The van der Waals surface area contributed by atoms with E-state index < -0.39 is 0 Å². The number of anilines is 2. The highest BCUT2D eigenvalue weighted by Crippen LogP contribution is 2.23. The fraction of sp³-hybridized carbons (Fsp3) is 0.0625. The maximum absolute atomic E-state index is 4.60. The predicted octanol–water partition coefficient (Wildman–Crippen LogP) is 5.05. The molecule has 3 aromatic rings. The monoisotopic (exact) mass is 312 g/mol.